The summed E-state index contributed by atoms with van der Waals surface area (Å²) in [5, 5.41) is 1.45. The predicted molar refractivity (Wildman–Crippen MR) is 127 cm³/mol. The molecule has 3 saturated heterocycles. The fourth-order valence-electron chi connectivity index (χ4n) is 5.16. The summed E-state index contributed by atoms with van der Waals surface area (Å²) in [4.78, 5) is 59.6. The molecule has 1 aromatic rings. The van der Waals surface area contributed by atoms with Crippen molar-refractivity contribution in [3.8, 4) is 0 Å². The van der Waals surface area contributed by atoms with Gasteiger partial charge in [-0.15, -0.1) is 0 Å². The lowest BCUT2D eigenvalue weighted by atomic mass is 9.85. The van der Waals surface area contributed by atoms with E-state index in [0.717, 1.165) is 18.4 Å². The minimum absolute atomic E-state index is 0.0823. The molecule has 4 aliphatic rings. The average Bonchev–Trinajstić information content (AvgIpc) is 3.50. The molecule has 2 bridgehead atoms. The molecule has 1 spiro atoms. The number of benzene rings is 1. The molecular formula is C25H33N5O6. The smallest absolute Gasteiger partial charge is 0.410 e. The molecular weight excluding hydrogens is 466 g/mol. The number of piperidine rings is 1. The van der Waals surface area contributed by atoms with Gasteiger partial charge in [0.15, 0.2) is 0 Å². The summed E-state index contributed by atoms with van der Waals surface area (Å²) in [6.07, 6.45) is 1.94. The molecule has 11 heteroatoms. The number of nitrogens with zero attached hydrogens (tertiary/aromatic N) is 3. The first kappa shape index (κ1) is 24.4. The number of urea groups is 1. The van der Waals surface area contributed by atoms with Crippen molar-refractivity contribution in [2.75, 3.05) is 19.6 Å². The van der Waals surface area contributed by atoms with E-state index in [0.29, 0.717) is 13.0 Å². The lowest BCUT2D eigenvalue weighted by Gasteiger charge is -2.39. The molecule has 1 aliphatic carbocycles. The first-order valence-electron chi connectivity index (χ1n) is 12.4. The molecule has 194 valence electrons. The van der Waals surface area contributed by atoms with E-state index in [2.05, 4.69) is 10.9 Å². The second kappa shape index (κ2) is 8.95. The third-order valence-corrected chi connectivity index (χ3v) is 7.39. The lowest BCUT2D eigenvalue weighted by Crippen LogP contribution is -2.61. The number of likely N-dealkylation sites (tertiary alicyclic amines) is 1. The normalized spacial score (nSPS) is 24.4. The van der Waals surface area contributed by atoms with Crippen molar-refractivity contribution in [2.24, 2.45) is 11.3 Å². The minimum atomic E-state index is -0.679. The Hall–Kier alpha value is -3.34. The van der Waals surface area contributed by atoms with E-state index in [1.165, 1.54) is 14.9 Å². The zero-order valence-corrected chi connectivity index (χ0v) is 20.9. The molecule has 1 saturated carbocycles. The van der Waals surface area contributed by atoms with Crippen molar-refractivity contribution in [3.63, 3.8) is 0 Å². The number of hydrazine groups is 1. The molecule has 3 aliphatic heterocycles. The highest BCUT2D eigenvalue weighted by atomic mass is 16.7. The number of amides is 5. The number of hydrogen-bond acceptors (Lipinski definition) is 6. The molecule has 4 fully saturated rings. The largest absolute Gasteiger partial charge is 0.444 e. The van der Waals surface area contributed by atoms with Gasteiger partial charge in [-0.2, -0.15) is 5.06 Å². The Labute approximate surface area is 210 Å². The van der Waals surface area contributed by atoms with Gasteiger partial charge in [0.2, 0.25) is 5.91 Å². The minimum Gasteiger partial charge on any atom is -0.444 e. The number of hydroxylamine groups is 2. The van der Waals surface area contributed by atoms with Crippen molar-refractivity contribution in [1.82, 2.24) is 25.7 Å². The third-order valence-electron chi connectivity index (χ3n) is 7.39. The number of ether oxygens (including phenoxy) is 1. The van der Waals surface area contributed by atoms with Gasteiger partial charge in [0.1, 0.15) is 18.2 Å². The standard InChI is InChI=1S/C25H33N5O6/c1-24(2,3)36-23(34)28-12-17(13-28)20(31)26-27-21(32)18-11-25(9-10-25)19-14-29(18)22(33)30(19)35-15-16-7-5-4-6-8-16/h4-8,17-19H,9-15H2,1-3H3,(H,26,31)(H,27,32)/t18-,19-/m0/s1. The molecule has 1 aromatic carbocycles. The Morgan fingerprint density at radius 2 is 1.69 bits per heavy atom. The fourth-order valence-corrected chi connectivity index (χ4v) is 5.16. The second-order valence-electron chi connectivity index (χ2n) is 11.2. The van der Waals surface area contributed by atoms with Crippen LogP contribution < -0.4 is 10.9 Å². The van der Waals surface area contributed by atoms with E-state index in [1.54, 1.807) is 20.8 Å². The van der Waals surface area contributed by atoms with E-state index in [9.17, 15) is 19.2 Å². The van der Waals surface area contributed by atoms with Crippen LogP contribution in [0.25, 0.3) is 0 Å². The highest BCUT2D eigenvalue weighted by Gasteiger charge is 2.64. The molecule has 36 heavy (non-hydrogen) atoms. The van der Waals surface area contributed by atoms with Crippen molar-refractivity contribution in [1.29, 1.82) is 0 Å². The second-order valence-corrected chi connectivity index (χ2v) is 11.2. The SMILES string of the molecule is CC(C)(C)OC(=O)N1CC(C(=O)NNC(=O)[C@@H]2CC3(CC3)[C@@H]3CN2C(=O)N3OCc2ccccc2)C1. The molecule has 5 amide bonds. The van der Waals surface area contributed by atoms with Crippen LogP contribution in [0.4, 0.5) is 9.59 Å². The Morgan fingerprint density at radius 1 is 1.03 bits per heavy atom. The highest BCUT2D eigenvalue weighted by molar-refractivity contribution is 5.91. The predicted octanol–water partition coefficient (Wildman–Crippen LogP) is 1.79. The maximum absolute atomic E-state index is 13.1. The fraction of sp³-hybridized carbons (Fsp3) is 0.600. The van der Waals surface area contributed by atoms with Crippen LogP contribution in [-0.4, -0.2) is 76.1 Å². The molecule has 0 radical (unpaired) electrons. The van der Waals surface area contributed by atoms with Gasteiger partial charge in [0, 0.05) is 19.6 Å². The van der Waals surface area contributed by atoms with E-state index in [-0.39, 0.29) is 43.1 Å². The van der Waals surface area contributed by atoms with E-state index in [4.69, 9.17) is 9.57 Å². The molecule has 11 nitrogen and oxygen atoms in total. The van der Waals surface area contributed by atoms with Crippen molar-refractivity contribution in [3.05, 3.63) is 35.9 Å². The highest BCUT2D eigenvalue weighted by Crippen LogP contribution is 2.59. The molecule has 2 atom stereocenters. The van der Waals surface area contributed by atoms with Crippen LogP contribution in [0, 0.1) is 11.3 Å². The summed E-state index contributed by atoms with van der Waals surface area (Å²) < 4.78 is 5.30. The maximum atomic E-state index is 13.1. The quantitative estimate of drug-likeness (QED) is 0.596. The first-order chi connectivity index (χ1) is 17.1. The van der Waals surface area contributed by atoms with Gasteiger partial charge < -0.3 is 14.5 Å². The number of carbonyl (C=O) groups excluding carboxylic acids is 4. The number of carbonyl (C=O) groups is 4. The van der Waals surface area contributed by atoms with Crippen LogP contribution >= 0.6 is 0 Å². The summed E-state index contributed by atoms with van der Waals surface area (Å²) in [6, 6.07) is 8.55. The van der Waals surface area contributed by atoms with Gasteiger partial charge in [-0.1, -0.05) is 30.3 Å². The van der Waals surface area contributed by atoms with Gasteiger partial charge in [-0.3, -0.25) is 25.3 Å². The zero-order chi connectivity index (χ0) is 25.7. The lowest BCUT2D eigenvalue weighted by molar-refractivity contribution is -0.153. The van der Waals surface area contributed by atoms with Gasteiger partial charge >= 0.3 is 12.1 Å². The number of fused-ring (bicyclic) bond motifs is 3. The van der Waals surface area contributed by atoms with Crippen LogP contribution in [0.5, 0.6) is 0 Å². The van der Waals surface area contributed by atoms with Crippen molar-refractivity contribution in [2.45, 2.75) is 64.3 Å². The van der Waals surface area contributed by atoms with E-state index in [1.807, 2.05) is 30.3 Å². The summed E-state index contributed by atoms with van der Waals surface area (Å²) in [5.41, 5.74) is 5.19. The summed E-state index contributed by atoms with van der Waals surface area (Å²) in [5.74, 6) is -1.23. The van der Waals surface area contributed by atoms with Crippen LogP contribution in [-0.2, 0) is 25.8 Å². The van der Waals surface area contributed by atoms with Crippen LogP contribution in [0.3, 0.4) is 0 Å². The Morgan fingerprint density at radius 3 is 2.33 bits per heavy atom. The van der Waals surface area contributed by atoms with Gasteiger partial charge in [0.25, 0.3) is 5.91 Å². The van der Waals surface area contributed by atoms with Crippen molar-refractivity contribution >= 4 is 23.9 Å². The molecule has 3 heterocycles. The Balaban J connectivity index is 1.13. The molecule has 0 aromatic heterocycles. The monoisotopic (exact) mass is 499 g/mol. The maximum Gasteiger partial charge on any atom is 0.410 e. The van der Waals surface area contributed by atoms with Gasteiger partial charge in [-0.25, -0.2) is 9.59 Å². The molecule has 2 N–H and O–H groups in total. The van der Waals surface area contributed by atoms with Gasteiger partial charge in [-0.05, 0) is 51.0 Å². The van der Waals surface area contributed by atoms with Crippen LogP contribution in [0.2, 0.25) is 0 Å². The van der Waals surface area contributed by atoms with Gasteiger partial charge in [0.05, 0.1) is 12.0 Å². The molecule has 5 rings (SSSR count). The topological polar surface area (TPSA) is 121 Å². The van der Waals surface area contributed by atoms with Crippen molar-refractivity contribution < 1.29 is 28.8 Å². The zero-order valence-electron chi connectivity index (χ0n) is 20.9. The summed E-state index contributed by atoms with van der Waals surface area (Å²) in [6.45, 7) is 6.50. The summed E-state index contributed by atoms with van der Waals surface area (Å²) in [7, 11) is 0. The summed E-state index contributed by atoms with van der Waals surface area (Å²) >= 11 is 0. The Bertz CT molecular complexity index is 1050. The first-order valence-corrected chi connectivity index (χ1v) is 12.4. The number of nitrogens with one attached hydrogen (secondary N) is 2. The molecule has 0 unspecified atom stereocenters. The average molecular weight is 500 g/mol. The number of hydrogen-bond donors (Lipinski definition) is 2. The number of rotatable bonds is 5. The van der Waals surface area contributed by atoms with E-state index < -0.39 is 29.6 Å². The van der Waals surface area contributed by atoms with E-state index >= 15 is 0 Å². The van der Waals surface area contributed by atoms with Crippen LogP contribution in [0.1, 0.15) is 45.6 Å². The Kier molecular flexibility index (Phi) is 6.06. The third kappa shape index (κ3) is 4.71. The van der Waals surface area contributed by atoms with Crippen LogP contribution in [0.15, 0.2) is 30.3 Å².